The van der Waals surface area contributed by atoms with Crippen LogP contribution in [0, 0.1) is 0 Å². The van der Waals surface area contributed by atoms with Gasteiger partial charge in [-0.15, -0.1) is 0 Å². The van der Waals surface area contributed by atoms with Gasteiger partial charge in [-0.3, -0.25) is 9.36 Å². The Bertz CT molecular complexity index is 564. The molecule has 2 heterocycles. The highest BCUT2D eigenvalue weighted by Gasteiger charge is 2.16. The van der Waals surface area contributed by atoms with Crippen molar-refractivity contribution in [1.82, 2.24) is 14.5 Å². The van der Waals surface area contributed by atoms with E-state index in [1.54, 1.807) is 30.7 Å². The van der Waals surface area contributed by atoms with Crippen molar-refractivity contribution in [2.75, 3.05) is 0 Å². The quantitative estimate of drug-likeness (QED) is 0.750. The SMILES string of the molecule is CC(C)(C)c1ncc(-n2ccccc2=O)cn1. The highest BCUT2D eigenvalue weighted by atomic mass is 16.1. The van der Waals surface area contributed by atoms with E-state index in [9.17, 15) is 4.79 Å². The summed E-state index contributed by atoms with van der Waals surface area (Å²) >= 11 is 0. The Morgan fingerprint density at radius 1 is 1.12 bits per heavy atom. The first-order chi connectivity index (χ1) is 7.98. The van der Waals surface area contributed by atoms with Gasteiger partial charge in [-0.1, -0.05) is 26.8 Å². The third kappa shape index (κ3) is 2.41. The summed E-state index contributed by atoms with van der Waals surface area (Å²) < 4.78 is 1.52. The highest BCUT2D eigenvalue weighted by Crippen LogP contribution is 2.17. The number of rotatable bonds is 1. The molecule has 0 aromatic carbocycles. The second-order valence-corrected chi connectivity index (χ2v) is 4.92. The highest BCUT2D eigenvalue weighted by molar-refractivity contribution is 5.26. The zero-order valence-corrected chi connectivity index (χ0v) is 10.2. The summed E-state index contributed by atoms with van der Waals surface area (Å²) in [7, 11) is 0. The van der Waals surface area contributed by atoms with Crippen LogP contribution in [0.15, 0.2) is 41.6 Å². The molecule has 0 aliphatic heterocycles. The van der Waals surface area contributed by atoms with Crippen molar-refractivity contribution in [3.63, 3.8) is 0 Å². The Morgan fingerprint density at radius 2 is 1.76 bits per heavy atom. The molecule has 0 spiro atoms. The van der Waals surface area contributed by atoms with Crippen molar-refractivity contribution in [2.45, 2.75) is 26.2 Å². The molecule has 17 heavy (non-hydrogen) atoms. The second-order valence-electron chi connectivity index (χ2n) is 4.92. The lowest BCUT2D eigenvalue weighted by Gasteiger charge is -2.16. The molecule has 0 bridgehead atoms. The fourth-order valence-electron chi connectivity index (χ4n) is 1.47. The Hall–Kier alpha value is -1.97. The van der Waals surface area contributed by atoms with Gasteiger partial charge in [-0.05, 0) is 6.07 Å². The maximum Gasteiger partial charge on any atom is 0.255 e. The lowest BCUT2D eigenvalue weighted by molar-refractivity contribution is 0.544. The monoisotopic (exact) mass is 229 g/mol. The van der Waals surface area contributed by atoms with Crippen LogP contribution in [0.2, 0.25) is 0 Å². The van der Waals surface area contributed by atoms with Crippen LogP contribution in [0.5, 0.6) is 0 Å². The minimum atomic E-state index is -0.0837. The normalized spacial score (nSPS) is 11.5. The van der Waals surface area contributed by atoms with Gasteiger partial charge in [0.2, 0.25) is 0 Å². The summed E-state index contributed by atoms with van der Waals surface area (Å²) in [4.78, 5) is 20.2. The Morgan fingerprint density at radius 3 is 2.29 bits per heavy atom. The molecule has 88 valence electrons. The molecule has 0 fully saturated rings. The van der Waals surface area contributed by atoms with E-state index < -0.39 is 0 Å². The number of hydrogen-bond donors (Lipinski definition) is 0. The van der Waals surface area contributed by atoms with Gasteiger partial charge >= 0.3 is 0 Å². The maximum absolute atomic E-state index is 11.6. The van der Waals surface area contributed by atoms with E-state index >= 15 is 0 Å². The molecule has 0 saturated carbocycles. The molecule has 0 radical (unpaired) electrons. The van der Waals surface area contributed by atoms with Gasteiger partial charge in [0.25, 0.3) is 5.56 Å². The molecule has 0 unspecified atom stereocenters. The van der Waals surface area contributed by atoms with Crippen molar-refractivity contribution in [3.05, 3.63) is 53.0 Å². The van der Waals surface area contributed by atoms with Crippen LogP contribution in [-0.4, -0.2) is 14.5 Å². The van der Waals surface area contributed by atoms with Crippen LogP contribution in [0.1, 0.15) is 26.6 Å². The van der Waals surface area contributed by atoms with E-state index in [0.29, 0.717) is 5.69 Å². The van der Waals surface area contributed by atoms with Crippen molar-refractivity contribution < 1.29 is 0 Å². The predicted molar refractivity (Wildman–Crippen MR) is 66.3 cm³/mol. The van der Waals surface area contributed by atoms with Gasteiger partial charge in [-0.2, -0.15) is 0 Å². The summed E-state index contributed by atoms with van der Waals surface area (Å²) in [5, 5.41) is 0. The van der Waals surface area contributed by atoms with Crippen molar-refractivity contribution in [2.24, 2.45) is 0 Å². The first kappa shape index (κ1) is 11.5. The average Bonchev–Trinajstić information content (AvgIpc) is 2.29. The van der Waals surface area contributed by atoms with Crippen LogP contribution < -0.4 is 5.56 Å². The van der Waals surface area contributed by atoms with Gasteiger partial charge < -0.3 is 0 Å². The fourth-order valence-corrected chi connectivity index (χ4v) is 1.47. The first-order valence-electron chi connectivity index (χ1n) is 5.49. The smallest absolute Gasteiger partial charge is 0.255 e. The molecule has 0 saturated heterocycles. The molecular formula is C13H15N3O. The van der Waals surface area contributed by atoms with Gasteiger partial charge in [-0.25, -0.2) is 9.97 Å². The molecular weight excluding hydrogens is 214 g/mol. The standard InChI is InChI=1S/C13H15N3O/c1-13(2,3)12-14-8-10(9-15-12)16-7-5-4-6-11(16)17/h4-9H,1-3H3. The molecule has 0 N–H and O–H groups in total. The van der Waals surface area contributed by atoms with E-state index in [4.69, 9.17) is 0 Å². The van der Waals surface area contributed by atoms with Gasteiger partial charge in [0.15, 0.2) is 0 Å². The maximum atomic E-state index is 11.6. The van der Waals surface area contributed by atoms with E-state index in [0.717, 1.165) is 5.82 Å². The molecule has 0 amide bonds. The average molecular weight is 229 g/mol. The Balaban J connectivity index is 2.44. The zero-order chi connectivity index (χ0) is 12.5. The number of pyridine rings is 1. The lowest BCUT2D eigenvalue weighted by atomic mass is 9.96. The van der Waals surface area contributed by atoms with Crippen LogP contribution in [0.25, 0.3) is 5.69 Å². The number of hydrogen-bond acceptors (Lipinski definition) is 3. The molecule has 4 heteroatoms. The summed E-state index contributed by atoms with van der Waals surface area (Å²) in [5.41, 5.74) is 0.517. The summed E-state index contributed by atoms with van der Waals surface area (Å²) in [6, 6.07) is 5.03. The van der Waals surface area contributed by atoms with E-state index in [1.165, 1.54) is 10.6 Å². The van der Waals surface area contributed by atoms with Crippen LogP contribution >= 0.6 is 0 Å². The Kier molecular flexibility index (Phi) is 2.79. The summed E-state index contributed by atoms with van der Waals surface area (Å²) in [6.07, 6.45) is 5.06. The van der Waals surface area contributed by atoms with E-state index in [1.807, 2.05) is 0 Å². The summed E-state index contributed by atoms with van der Waals surface area (Å²) in [6.45, 7) is 6.16. The van der Waals surface area contributed by atoms with Crippen molar-refractivity contribution in [3.8, 4) is 5.69 Å². The van der Waals surface area contributed by atoms with E-state index in [2.05, 4.69) is 30.7 Å². The molecule has 0 aliphatic rings. The van der Waals surface area contributed by atoms with Crippen LogP contribution in [-0.2, 0) is 5.41 Å². The van der Waals surface area contributed by atoms with Gasteiger partial charge in [0.05, 0.1) is 18.1 Å². The van der Waals surface area contributed by atoms with Gasteiger partial charge in [0.1, 0.15) is 5.82 Å². The zero-order valence-electron chi connectivity index (χ0n) is 10.2. The minimum absolute atomic E-state index is 0.0832. The third-order valence-corrected chi connectivity index (χ3v) is 2.41. The minimum Gasteiger partial charge on any atom is -0.281 e. The van der Waals surface area contributed by atoms with Gasteiger partial charge in [0, 0.05) is 17.7 Å². The largest absolute Gasteiger partial charge is 0.281 e. The predicted octanol–water partition coefficient (Wildman–Crippen LogP) is 1.92. The molecule has 0 aliphatic carbocycles. The van der Waals surface area contributed by atoms with Crippen LogP contribution in [0.4, 0.5) is 0 Å². The van der Waals surface area contributed by atoms with E-state index in [-0.39, 0.29) is 11.0 Å². The van der Waals surface area contributed by atoms with Crippen LogP contribution in [0.3, 0.4) is 0 Å². The fraction of sp³-hybridized carbons (Fsp3) is 0.308. The number of aromatic nitrogens is 3. The molecule has 2 aromatic heterocycles. The Labute approximate surface area is 100.0 Å². The topological polar surface area (TPSA) is 47.8 Å². The second kappa shape index (κ2) is 4.13. The van der Waals surface area contributed by atoms with Crippen molar-refractivity contribution >= 4 is 0 Å². The molecule has 2 rings (SSSR count). The first-order valence-corrected chi connectivity index (χ1v) is 5.49. The number of nitrogens with zero attached hydrogens (tertiary/aromatic N) is 3. The molecule has 2 aromatic rings. The lowest BCUT2D eigenvalue weighted by Crippen LogP contribution is -2.19. The molecule has 4 nitrogen and oxygen atoms in total. The summed E-state index contributed by atoms with van der Waals surface area (Å²) in [5.74, 6) is 0.769. The molecule has 0 atom stereocenters. The van der Waals surface area contributed by atoms with Crippen molar-refractivity contribution in [1.29, 1.82) is 0 Å². The third-order valence-electron chi connectivity index (χ3n) is 2.41.